The standard InChI is InChI=1S/C9H18O2S/c1-8(2)11-6-5-9-4-3-7-12(9)10/h8-9H,3-7H2,1-2H3. The first-order valence-corrected chi connectivity index (χ1v) is 6.07. The van der Waals surface area contributed by atoms with E-state index >= 15 is 0 Å². The Bertz CT molecular complexity index is 157. The third-order valence-corrected chi connectivity index (χ3v) is 4.04. The summed E-state index contributed by atoms with van der Waals surface area (Å²) >= 11 is 0. The third kappa shape index (κ3) is 3.23. The molecular weight excluding hydrogens is 172 g/mol. The first-order valence-electron chi connectivity index (χ1n) is 4.69. The van der Waals surface area contributed by atoms with Gasteiger partial charge in [0.25, 0.3) is 0 Å². The van der Waals surface area contributed by atoms with E-state index in [9.17, 15) is 4.21 Å². The Morgan fingerprint density at radius 1 is 1.58 bits per heavy atom. The molecule has 0 saturated carbocycles. The van der Waals surface area contributed by atoms with Crippen molar-refractivity contribution in [1.82, 2.24) is 0 Å². The molecule has 0 N–H and O–H groups in total. The minimum Gasteiger partial charge on any atom is -0.379 e. The molecule has 0 spiro atoms. The highest BCUT2D eigenvalue weighted by Crippen LogP contribution is 2.19. The van der Waals surface area contributed by atoms with Gasteiger partial charge >= 0.3 is 0 Å². The van der Waals surface area contributed by atoms with Crippen LogP contribution in [0.4, 0.5) is 0 Å². The molecule has 0 aromatic heterocycles. The second-order valence-electron chi connectivity index (χ2n) is 3.56. The van der Waals surface area contributed by atoms with Crippen LogP contribution in [0.2, 0.25) is 0 Å². The lowest BCUT2D eigenvalue weighted by Crippen LogP contribution is -2.14. The first kappa shape index (κ1) is 10.2. The summed E-state index contributed by atoms with van der Waals surface area (Å²) in [5.74, 6) is 0.909. The van der Waals surface area contributed by atoms with Gasteiger partial charge in [0.05, 0.1) is 6.10 Å². The highest BCUT2D eigenvalue weighted by molar-refractivity contribution is 7.85. The topological polar surface area (TPSA) is 26.3 Å². The molecule has 1 aliphatic rings. The second kappa shape index (κ2) is 4.97. The van der Waals surface area contributed by atoms with Crippen molar-refractivity contribution in [2.75, 3.05) is 12.4 Å². The summed E-state index contributed by atoms with van der Waals surface area (Å²) in [6.45, 7) is 4.84. The monoisotopic (exact) mass is 190 g/mol. The Hall–Kier alpha value is 0.110. The van der Waals surface area contributed by atoms with Crippen LogP contribution in [0, 0.1) is 0 Å². The van der Waals surface area contributed by atoms with Gasteiger partial charge in [-0.05, 0) is 33.1 Å². The fourth-order valence-electron chi connectivity index (χ4n) is 1.46. The summed E-state index contributed by atoms with van der Waals surface area (Å²) in [5.41, 5.74) is 0. The predicted octanol–water partition coefficient (Wildman–Crippen LogP) is 1.71. The molecule has 72 valence electrons. The lowest BCUT2D eigenvalue weighted by atomic mass is 10.2. The van der Waals surface area contributed by atoms with E-state index in [0.717, 1.165) is 31.6 Å². The predicted molar refractivity (Wildman–Crippen MR) is 51.7 cm³/mol. The number of ether oxygens (including phenoxy) is 1. The number of hydrogen-bond donors (Lipinski definition) is 0. The summed E-state index contributed by atoms with van der Waals surface area (Å²) < 4.78 is 16.7. The maximum atomic E-state index is 11.3. The van der Waals surface area contributed by atoms with Crippen molar-refractivity contribution in [3.8, 4) is 0 Å². The molecule has 3 heteroatoms. The van der Waals surface area contributed by atoms with Crippen LogP contribution in [0.1, 0.15) is 33.1 Å². The SMILES string of the molecule is CC(C)OCCC1CCCS1=O. The van der Waals surface area contributed by atoms with Gasteiger partial charge in [-0.1, -0.05) is 0 Å². The first-order chi connectivity index (χ1) is 5.70. The molecule has 12 heavy (non-hydrogen) atoms. The van der Waals surface area contributed by atoms with Crippen molar-refractivity contribution in [2.24, 2.45) is 0 Å². The minimum absolute atomic E-state index is 0.305. The molecule has 0 amide bonds. The average molecular weight is 190 g/mol. The molecule has 1 fully saturated rings. The number of rotatable bonds is 4. The Balaban J connectivity index is 2.10. The fourth-order valence-corrected chi connectivity index (χ4v) is 3.04. The van der Waals surface area contributed by atoms with Crippen molar-refractivity contribution in [1.29, 1.82) is 0 Å². The molecule has 1 heterocycles. The Morgan fingerprint density at radius 3 is 2.83 bits per heavy atom. The van der Waals surface area contributed by atoms with Gasteiger partial charge in [-0.15, -0.1) is 0 Å². The number of hydrogen-bond acceptors (Lipinski definition) is 2. The highest BCUT2D eigenvalue weighted by Gasteiger charge is 2.22. The van der Waals surface area contributed by atoms with Crippen molar-refractivity contribution in [3.05, 3.63) is 0 Å². The molecule has 0 radical (unpaired) electrons. The van der Waals surface area contributed by atoms with E-state index in [1.54, 1.807) is 0 Å². The quantitative estimate of drug-likeness (QED) is 0.674. The molecule has 1 saturated heterocycles. The Morgan fingerprint density at radius 2 is 2.33 bits per heavy atom. The Kier molecular flexibility index (Phi) is 4.22. The van der Waals surface area contributed by atoms with Gasteiger partial charge < -0.3 is 4.74 Å². The van der Waals surface area contributed by atoms with E-state index in [0.29, 0.717) is 11.4 Å². The van der Waals surface area contributed by atoms with Gasteiger partial charge in [0.2, 0.25) is 0 Å². The molecule has 1 aliphatic heterocycles. The molecule has 0 aromatic carbocycles. The van der Waals surface area contributed by atoms with E-state index in [-0.39, 0.29) is 0 Å². The largest absolute Gasteiger partial charge is 0.379 e. The normalized spacial score (nSPS) is 29.9. The van der Waals surface area contributed by atoms with E-state index in [4.69, 9.17) is 4.74 Å². The molecule has 2 atom stereocenters. The molecule has 0 aromatic rings. The molecule has 0 aliphatic carbocycles. The zero-order valence-corrected chi connectivity index (χ0v) is 8.73. The van der Waals surface area contributed by atoms with E-state index in [2.05, 4.69) is 0 Å². The van der Waals surface area contributed by atoms with Crippen LogP contribution in [0.15, 0.2) is 0 Å². The molecule has 2 nitrogen and oxygen atoms in total. The third-order valence-electron chi connectivity index (χ3n) is 2.13. The van der Waals surface area contributed by atoms with Gasteiger partial charge in [-0.3, -0.25) is 4.21 Å². The smallest absolute Gasteiger partial charge is 0.0518 e. The van der Waals surface area contributed by atoms with E-state index < -0.39 is 10.8 Å². The van der Waals surface area contributed by atoms with Crippen LogP contribution >= 0.6 is 0 Å². The van der Waals surface area contributed by atoms with Gasteiger partial charge in [0, 0.05) is 28.4 Å². The summed E-state index contributed by atoms with van der Waals surface area (Å²) in [5, 5.41) is 0.420. The fraction of sp³-hybridized carbons (Fsp3) is 1.00. The lowest BCUT2D eigenvalue weighted by Gasteiger charge is -2.10. The van der Waals surface area contributed by atoms with Gasteiger partial charge in [0.1, 0.15) is 0 Å². The molecule has 0 bridgehead atoms. The molecular formula is C9H18O2S. The van der Waals surface area contributed by atoms with Crippen molar-refractivity contribution in [2.45, 2.75) is 44.5 Å². The second-order valence-corrected chi connectivity index (χ2v) is 5.39. The van der Waals surface area contributed by atoms with Crippen LogP contribution < -0.4 is 0 Å². The van der Waals surface area contributed by atoms with Crippen molar-refractivity contribution >= 4 is 10.8 Å². The van der Waals surface area contributed by atoms with Crippen LogP contribution in [-0.2, 0) is 15.5 Å². The van der Waals surface area contributed by atoms with Crippen LogP contribution in [0.3, 0.4) is 0 Å². The van der Waals surface area contributed by atoms with E-state index in [1.807, 2.05) is 13.8 Å². The summed E-state index contributed by atoms with van der Waals surface area (Å²) in [4.78, 5) is 0. The molecule has 1 rings (SSSR count). The Labute approximate surface area is 77.1 Å². The molecule has 2 unspecified atom stereocenters. The summed E-state index contributed by atoms with van der Waals surface area (Å²) in [6.07, 6.45) is 3.55. The van der Waals surface area contributed by atoms with Gasteiger partial charge in [0.15, 0.2) is 0 Å². The maximum absolute atomic E-state index is 11.3. The minimum atomic E-state index is -0.555. The van der Waals surface area contributed by atoms with Gasteiger partial charge in [-0.2, -0.15) is 0 Å². The van der Waals surface area contributed by atoms with Crippen molar-refractivity contribution in [3.63, 3.8) is 0 Å². The van der Waals surface area contributed by atoms with Gasteiger partial charge in [-0.25, -0.2) is 0 Å². The highest BCUT2D eigenvalue weighted by atomic mass is 32.2. The van der Waals surface area contributed by atoms with Crippen LogP contribution in [0.25, 0.3) is 0 Å². The van der Waals surface area contributed by atoms with E-state index in [1.165, 1.54) is 0 Å². The lowest BCUT2D eigenvalue weighted by molar-refractivity contribution is 0.0766. The average Bonchev–Trinajstić information content (AvgIpc) is 2.36. The summed E-state index contributed by atoms with van der Waals surface area (Å²) in [6, 6.07) is 0. The van der Waals surface area contributed by atoms with Crippen molar-refractivity contribution < 1.29 is 8.95 Å². The summed E-state index contributed by atoms with van der Waals surface area (Å²) in [7, 11) is -0.555. The zero-order chi connectivity index (χ0) is 8.97. The van der Waals surface area contributed by atoms with Crippen LogP contribution in [0.5, 0.6) is 0 Å². The zero-order valence-electron chi connectivity index (χ0n) is 7.91. The maximum Gasteiger partial charge on any atom is 0.0518 e. The van der Waals surface area contributed by atoms with Crippen LogP contribution in [-0.4, -0.2) is 27.9 Å².